The summed E-state index contributed by atoms with van der Waals surface area (Å²) in [5.74, 6) is 1.94. The Balaban J connectivity index is 2.89. The zero-order chi connectivity index (χ0) is 12.8. The van der Waals surface area contributed by atoms with E-state index in [1.54, 1.807) is 10.8 Å². The van der Waals surface area contributed by atoms with Crippen LogP contribution in [0, 0.1) is 0 Å². The molecule has 17 heavy (non-hydrogen) atoms. The molecule has 104 valence electrons. The summed E-state index contributed by atoms with van der Waals surface area (Å²) >= 11 is 0. The second-order valence-electron chi connectivity index (χ2n) is 3.95. The molecule has 0 aromatic carbocycles. The highest BCUT2D eigenvalue weighted by Crippen LogP contribution is 2.20. The van der Waals surface area contributed by atoms with Gasteiger partial charge in [-0.2, -0.15) is 0 Å². The molecule has 0 aliphatic rings. The fourth-order valence-electron chi connectivity index (χ4n) is 1.10. The van der Waals surface area contributed by atoms with Crippen LogP contribution in [-0.4, -0.2) is 44.1 Å². The van der Waals surface area contributed by atoms with E-state index in [0.717, 1.165) is 50.8 Å². The van der Waals surface area contributed by atoms with Crippen molar-refractivity contribution in [3.8, 4) is 0 Å². The van der Waals surface area contributed by atoms with E-state index in [2.05, 4.69) is 26.1 Å². The first-order valence-corrected chi connectivity index (χ1v) is 8.90. The smallest absolute Gasteiger partial charge is 0.102 e. The van der Waals surface area contributed by atoms with Gasteiger partial charge in [-0.05, 0) is 33.2 Å². The van der Waals surface area contributed by atoms with Crippen molar-refractivity contribution in [3.05, 3.63) is 0 Å². The molecule has 0 fully saturated rings. The van der Waals surface area contributed by atoms with Crippen molar-refractivity contribution in [2.75, 3.05) is 38.0 Å². The zero-order valence-corrected chi connectivity index (χ0v) is 13.0. The van der Waals surface area contributed by atoms with E-state index in [0.29, 0.717) is 6.10 Å². The van der Waals surface area contributed by atoms with Gasteiger partial charge in [0, 0.05) is 25.5 Å². The van der Waals surface area contributed by atoms with Crippen LogP contribution in [0.15, 0.2) is 0 Å². The summed E-state index contributed by atoms with van der Waals surface area (Å²) in [5.41, 5.74) is 0. The molecule has 0 atom stereocenters. The molecule has 0 aromatic rings. The quantitative estimate of drug-likeness (QED) is 0.318. The average Bonchev–Trinajstić information content (AvgIpc) is 2.30. The summed E-state index contributed by atoms with van der Waals surface area (Å²) in [7, 11) is 3.67. The zero-order valence-electron chi connectivity index (χ0n) is 11.4. The number of nitrogens with one attached hydrogen (secondary N) is 1. The van der Waals surface area contributed by atoms with Crippen LogP contribution in [0.3, 0.4) is 0 Å². The summed E-state index contributed by atoms with van der Waals surface area (Å²) in [4.78, 5) is 0. The Kier molecular flexibility index (Phi) is 15.1. The summed E-state index contributed by atoms with van der Waals surface area (Å²) in [6, 6.07) is 0. The predicted octanol–water partition coefficient (Wildman–Crippen LogP) is 3.16. The van der Waals surface area contributed by atoms with E-state index >= 15 is 0 Å². The van der Waals surface area contributed by atoms with Crippen LogP contribution in [0.2, 0.25) is 0 Å². The molecule has 0 bridgehead atoms. The van der Waals surface area contributed by atoms with Gasteiger partial charge in [0.1, 0.15) is 5.94 Å². The molecule has 0 rings (SSSR count). The van der Waals surface area contributed by atoms with Crippen LogP contribution < -0.4 is 5.32 Å². The maximum Gasteiger partial charge on any atom is 0.102 e. The van der Waals surface area contributed by atoms with Gasteiger partial charge in [-0.15, -0.1) is 0 Å². The molecule has 0 saturated heterocycles. The number of unbranched alkanes of at least 4 members (excludes halogenated alkanes) is 1. The van der Waals surface area contributed by atoms with Crippen molar-refractivity contribution in [3.63, 3.8) is 0 Å². The van der Waals surface area contributed by atoms with Gasteiger partial charge in [0.25, 0.3) is 0 Å². The van der Waals surface area contributed by atoms with Gasteiger partial charge in [-0.3, -0.25) is 0 Å². The number of rotatable bonds is 13. The van der Waals surface area contributed by atoms with Gasteiger partial charge in [-0.1, -0.05) is 28.5 Å². The second kappa shape index (κ2) is 14.6. The Labute approximate surface area is 114 Å². The lowest BCUT2D eigenvalue weighted by atomic mass is 10.3. The highest BCUT2D eigenvalue weighted by atomic mass is 33.1. The van der Waals surface area contributed by atoms with Crippen molar-refractivity contribution in [1.29, 1.82) is 0 Å². The second-order valence-corrected chi connectivity index (χ2v) is 6.48. The highest BCUT2D eigenvalue weighted by Gasteiger charge is 1.94. The van der Waals surface area contributed by atoms with Crippen molar-refractivity contribution < 1.29 is 9.47 Å². The van der Waals surface area contributed by atoms with Crippen LogP contribution in [0.4, 0.5) is 0 Å². The molecular formula is C12H27NO2S2. The summed E-state index contributed by atoms with van der Waals surface area (Å²) in [6.07, 6.45) is 2.53. The van der Waals surface area contributed by atoms with E-state index < -0.39 is 0 Å². The standard InChI is InChI=1S/C12H27NO2S2/c1-4-13-7-10-16-17-11-14-8-5-6-9-15-12(2)3/h12-13H,4-11H2,1-3H3. The van der Waals surface area contributed by atoms with Gasteiger partial charge in [-0.25, -0.2) is 0 Å². The maximum atomic E-state index is 5.51. The summed E-state index contributed by atoms with van der Waals surface area (Å²) in [5, 5.41) is 3.29. The number of hydrogen-bond donors (Lipinski definition) is 1. The molecule has 3 nitrogen and oxygen atoms in total. The Bertz CT molecular complexity index is 148. The van der Waals surface area contributed by atoms with E-state index in [9.17, 15) is 0 Å². The normalized spacial score (nSPS) is 11.3. The Morgan fingerprint density at radius 2 is 1.88 bits per heavy atom. The van der Waals surface area contributed by atoms with Gasteiger partial charge < -0.3 is 14.8 Å². The predicted molar refractivity (Wildman–Crippen MR) is 79.7 cm³/mol. The molecule has 0 aliphatic heterocycles. The molecule has 0 saturated carbocycles. The minimum Gasteiger partial charge on any atom is -0.379 e. The van der Waals surface area contributed by atoms with Gasteiger partial charge in [0.15, 0.2) is 0 Å². The van der Waals surface area contributed by atoms with E-state index in [1.807, 2.05) is 10.8 Å². The van der Waals surface area contributed by atoms with Crippen LogP contribution in [0.1, 0.15) is 33.6 Å². The summed E-state index contributed by atoms with van der Waals surface area (Å²) < 4.78 is 11.0. The number of hydrogen-bond acceptors (Lipinski definition) is 5. The average molecular weight is 281 g/mol. The third-order valence-corrected chi connectivity index (χ3v) is 4.05. The molecule has 0 radical (unpaired) electrons. The third-order valence-electron chi connectivity index (χ3n) is 1.96. The van der Waals surface area contributed by atoms with Crippen LogP contribution >= 0.6 is 21.6 Å². The molecule has 0 aromatic heterocycles. The molecular weight excluding hydrogens is 254 g/mol. The fourth-order valence-corrected chi connectivity index (χ4v) is 2.71. The molecule has 0 aliphatic carbocycles. The van der Waals surface area contributed by atoms with Crippen molar-refractivity contribution in [1.82, 2.24) is 5.32 Å². The Morgan fingerprint density at radius 3 is 2.59 bits per heavy atom. The number of ether oxygens (including phenoxy) is 2. The first kappa shape index (κ1) is 17.6. The lowest BCUT2D eigenvalue weighted by Gasteiger charge is -2.07. The molecule has 0 amide bonds. The van der Waals surface area contributed by atoms with E-state index in [-0.39, 0.29) is 0 Å². The molecule has 5 heteroatoms. The Hall–Kier alpha value is 0.580. The molecule has 0 spiro atoms. The minimum atomic E-state index is 0.347. The topological polar surface area (TPSA) is 30.5 Å². The first-order chi connectivity index (χ1) is 8.27. The first-order valence-electron chi connectivity index (χ1n) is 6.41. The monoisotopic (exact) mass is 281 g/mol. The summed E-state index contributed by atoms with van der Waals surface area (Å²) in [6.45, 7) is 10.1. The van der Waals surface area contributed by atoms with Gasteiger partial charge in [0.05, 0.1) is 6.10 Å². The fraction of sp³-hybridized carbons (Fsp3) is 1.00. The van der Waals surface area contributed by atoms with E-state index in [4.69, 9.17) is 9.47 Å². The maximum absolute atomic E-state index is 5.51. The van der Waals surface area contributed by atoms with Crippen molar-refractivity contribution >= 4 is 21.6 Å². The highest BCUT2D eigenvalue weighted by molar-refractivity contribution is 8.76. The largest absolute Gasteiger partial charge is 0.379 e. The van der Waals surface area contributed by atoms with Gasteiger partial charge >= 0.3 is 0 Å². The Morgan fingerprint density at radius 1 is 1.12 bits per heavy atom. The van der Waals surface area contributed by atoms with Crippen molar-refractivity contribution in [2.24, 2.45) is 0 Å². The van der Waals surface area contributed by atoms with Crippen molar-refractivity contribution in [2.45, 2.75) is 39.7 Å². The van der Waals surface area contributed by atoms with E-state index in [1.165, 1.54) is 0 Å². The van der Waals surface area contributed by atoms with Crippen LogP contribution in [-0.2, 0) is 9.47 Å². The lowest BCUT2D eigenvalue weighted by molar-refractivity contribution is 0.0702. The molecule has 0 unspecified atom stereocenters. The van der Waals surface area contributed by atoms with Gasteiger partial charge in [0.2, 0.25) is 0 Å². The van der Waals surface area contributed by atoms with Crippen LogP contribution in [0.25, 0.3) is 0 Å². The third kappa shape index (κ3) is 16.6. The lowest BCUT2D eigenvalue weighted by Crippen LogP contribution is -2.15. The SMILES string of the molecule is CCNCCSSCOCCCCOC(C)C. The molecule has 0 heterocycles. The minimum absolute atomic E-state index is 0.347. The molecule has 1 N–H and O–H groups in total. The van der Waals surface area contributed by atoms with Crippen LogP contribution in [0.5, 0.6) is 0 Å².